The summed E-state index contributed by atoms with van der Waals surface area (Å²) in [6.45, 7) is 2.59. The standard InChI is InChI=1S/C22H22ClN5O2/c1-30-19-7-2-4-16(14-19)20-8-9-21(26-25-20)27-10-12-28(13-11-27)22(29)24-18-6-3-5-17(23)15-18/h2-9,14-15H,10-13H2,1H3,(H,24,29). The summed E-state index contributed by atoms with van der Waals surface area (Å²) in [5.74, 6) is 1.59. The van der Waals surface area contributed by atoms with E-state index in [4.69, 9.17) is 16.3 Å². The van der Waals surface area contributed by atoms with Gasteiger partial charge in [-0.3, -0.25) is 0 Å². The molecule has 8 heteroatoms. The molecule has 154 valence electrons. The third kappa shape index (κ3) is 4.63. The SMILES string of the molecule is COc1cccc(-c2ccc(N3CCN(C(=O)Nc4cccc(Cl)c4)CC3)nn2)c1. The van der Waals surface area contributed by atoms with Gasteiger partial charge < -0.3 is 19.9 Å². The van der Waals surface area contributed by atoms with Crippen LogP contribution in [0.25, 0.3) is 11.3 Å². The molecule has 0 saturated carbocycles. The topological polar surface area (TPSA) is 70.6 Å². The van der Waals surface area contributed by atoms with E-state index in [2.05, 4.69) is 20.4 Å². The number of halogens is 1. The van der Waals surface area contributed by atoms with E-state index in [1.54, 1.807) is 24.1 Å². The first-order valence-electron chi connectivity index (χ1n) is 9.67. The molecule has 1 saturated heterocycles. The number of benzene rings is 2. The molecule has 1 aliphatic rings. The van der Waals surface area contributed by atoms with Crippen molar-refractivity contribution in [1.29, 1.82) is 0 Å². The predicted molar refractivity (Wildman–Crippen MR) is 118 cm³/mol. The molecule has 2 heterocycles. The van der Waals surface area contributed by atoms with E-state index in [1.807, 2.05) is 48.5 Å². The number of nitrogens with zero attached hydrogens (tertiary/aromatic N) is 4. The molecule has 30 heavy (non-hydrogen) atoms. The summed E-state index contributed by atoms with van der Waals surface area (Å²) < 4.78 is 5.27. The number of rotatable bonds is 4. The molecular weight excluding hydrogens is 402 g/mol. The molecule has 1 aromatic heterocycles. The molecule has 2 aromatic carbocycles. The van der Waals surface area contributed by atoms with Crippen LogP contribution in [0.1, 0.15) is 0 Å². The van der Waals surface area contributed by atoms with Gasteiger partial charge in [-0.05, 0) is 42.5 Å². The van der Waals surface area contributed by atoms with Crippen molar-refractivity contribution in [1.82, 2.24) is 15.1 Å². The highest BCUT2D eigenvalue weighted by Gasteiger charge is 2.22. The van der Waals surface area contributed by atoms with Gasteiger partial charge in [0.05, 0.1) is 12.8 Å². The van der Waals surface area contributed by atoms with Gasteiger partial charge in [-0.1, -0.05) is 29.8 Å². The van der Waals surface area contributed by atoms with E-state index in [-0.39, 0.29) is 6.03 Å². The van der Waals surface area contributed by atoms with Crippen molar-refractivity contribution in [2.75, 3.05) is 43.5 Å². The van der Waals surface area contributed by atoms with Gasteiger partial charge in [0.2, 0.25) is 0 Å². The highest BCUT2D eigenvalue weighted by molar-refractivity contribution is 6.30. The van der Waals surface area contributed by atoms with Gasteiger partial charge in [-0.2, -0.15) is 0 Å². The van der Waals surface area contributed by atoms with Gasteiger partial charge in [0.1, 0.15) is 5.75 Å². The van der Waals surface area contributed by atoms with Crippen molar-refractivity contribution in [3.05, 3.63) is 65.7 Å². The Morgan fingerprint density at radius 3 is 2.50 bits per heavy atom. The van der Waals surface area contributed by atoms with E-state index in [0.717, 1.165) is 22.8 Å². The Kier molecular flexibility index (Phi) is 5.99. The fourth-order valence-corrected chi connectivity index (χ4v) is 3.53. The highest BCUT2D eigenvalue weighted by Crippen LogP contribution is 2.23. The van der Waals surface area contributed by atoms with Crippen LogP contribution in [-0.2, 0) is 0 Å². The zero-order valence-electron chi connectivity index (χ0n) is 16.6. The van der Waals surface area contributed by atoms with Crippen LogP contribution in [0, 0.1) is 0 Å². The third-order valence-electron chi connectivity index (χ3n) is 4.98. The van der Waals surface area contributed by atoms with Gasteiger partial charge in [-0.25, -0.2) is 4.79 Å². The van der Waals surface area contributed by atoms with Crippen LogP contribution >= 0.6 is 11.6 Å². The first kappa shape index (κ1) is 20.0. The fraction of sp³-hybridized carbons (Fsp3) is 0.227. The number of methoxy groups -OCH3 is 1. The minimum Gasteiger partial charge on any atom is -0.497 e. The Morgan fingerprint density at radius 1 is 1.00 bits per heavy atom. The number of hydrogen-bond donors (Lipinski definition) is 1. The van der Waals surface area contributed by atoms with Crippen molar-refractivity contribution in [2.24, 2.45) is 0 Å². The van der Waals surface area contributed by atoms with Gasteiger partial charge >= 0.3 is 6.03 Å². The van der Waals surface area contributed by atoms with Crippen molar-refractivity contribution < 1.29 is 9.53 Å². The predicted octanol–water partition coefficient (Wildman–Crippen LogP) is 4.16. The molecule has 2 amide bonds. The van der Waals surface area contributed by atoms with Crippen molar-refractivity contribution in [3.8, 4) is 17.0 Å². The Balaban J connectivity index is 1.35. The second kappa shape index (κ2) is 9.00. The maximum absolute atomic E-state index is 12.5. The molecule has 1 fully saturated rings. The van der Waals surface area contributed by atoms with Crippen LogP contribution in [-0.4, -0.2) is 54.4 Å². The lowest BCUT2D eigenvalue weighted by atomic mass is 10.1. The number of ether oxygens (including phenoxy) is 1. The number of amides is 2. The monoisotopic (exact) mass is 423 g/mol. The lowest BCUT2D eigenvalue weighted by molar-refractivity contribution is 0.208. The minimum absolute atomic E-state index is 0.128. The Labute approximate surface area is 180 Å². The van der Waals surface area contributed by atoms with E-state index in [1.165, 1.54) is 0 Å². The summed E-state index contributed by atoms with van der Waals surface area (Å²) in [7, 11) is 1.64. The van der Waals surface area contributed by atoms with E-state index in [9.17, 15) is 4.79 Å². The number of anilines is 2. The van der Waals surface area contributed by atoms with Crippen molar-refractivity contribution in [3.63, 3.8) is 0 Å². The zero-order valence-corrected chi connectivity index (χ0v) is 17.3. The molecule has 4 rings (SSSR count). The summed E-state index contributed by atoms with van der Waals surface area (Å²) in [5, 5.41) is 12.2. The van der Waals surface area contributed by atoms with Crippen LogP contribution in [0.4, 0.5) is 16.3 Å². The van der Waals surface area contributed by atoms with Gasteiger partial charge in [0.25, 0.3) is 0 Å². The smallest absolute Gasteiger partial charge is 0.321 e. The quantitative estimate of drug-likeness (QED) is 0.682. The van der Waals surface area contributed by atoms with Crippen LogP contribution in [0.2, 0.25) is 5.02 Å². The summed E-state index contributed by atoms with van der Waals surface area (Å²) in [4.78, 5) is 16.4. The number of carbonyl (C=O) groups is 1. The Hall–Kier alpha value is -3.32. The fourth-order valence-electron chi connectivity index (χ4n) is 3.34. The van der Waals surface area contributed by atoms with Crippen LogP contribution in [0.5, 0.6) is 5.75 Å². The highest BCUT2D eigenvalue weighted by atomic mass is 35.5. The van der Waals surface area contributed by atoms with Crippen molar-refractivity contribution >= 4 is 29.1 Å². The molecule has 7 nitrogen and oxygen atoms in total. The first-order valence-corrected chi connectivity index (χ1v) is 10.0. The molecule has 1 N–H and O–H groups in total. The van der Waals surface area contributed by atoms with Gasteiger partial charge in [0.15, 0.2) is 5.82 Å². The molecule has 0 radical (unpaired) electrons. The number of piperazine rings is 1. The number of urea groups is 1. The number of hydrogen-bond acceptors (Lipinski definition) is 5. The van der Waals surface area contributed by atoms with Crippen LogP contribution in [0.3, 0.4) is 0 Å². The average molecular weight is 424 g/mol. The molecule has 0 spiro atoms. The normalized spacial score (nSPS) is 13.8. The summed E-state index contributed by atoms with van der Waals surface area (Å²) >= 11 is 5.98. The average Bonchev–Trinajstić information content (AvgIpc) is 2.79. The zero-order chi connectivity index (χ0) is 20.9. The Morgan fingerprint density at radius 2 is 1.80 bits per heavy atom. The second-order valence-electron chi connectivity index (χ2n) is 6.92. The summed E-state index contributed by atoms with van der Waals surface area (Å²) in [5.41, 5.74) is 2.43. The van der Waals surface area contributed by atoms with Crippen molar-refractivity contribution in [2.45, 2.75) is 0 Å². The lowest BCUT2D eigenvalue weighted by Gasteiger charge is -2.35. The number of nitrogens with one attached hydrogen (secondary N) is 1. The number of aromatic nitrogens is 2. The minimum atomic E-state index is -0.128. The van der Waals surface area contributed by atoms with Gasteiger partial charge in [-0.15, -0.1) is 10.2 Å². The molecular formula is C22H22ClN5O2. The summed E-state index contributed by atoms with van der Waals surface area (Å²) in [6, 6.07) is 18.7. The Bertz CT molecular complexity index is 1020. The summed E-state index contributed by atoms with van der Waals surface area (Å²) in [6.07, 6.45) is 0. The first-order chi connectivity index (χ1) is 14.6. The van der Waals surface area contributed by atoms with Gasteiger partial charge in [0, 0.05) is 42.5 Å². The maximum Gasteiger partial charge on any atom is 0.321 e. The second-order valence-corrected chi connectivity index (χ2v) is 7.36. The molecule has 3 aromatic rings. The maximum atomic E-state index is 12.5. The molecule has 0 atom stereocenters. The van der Waals surface area contributed by atoms with Crippen LogP contribution in [0.15, 0.2) is 60.7 Å². The third-order valence-corrected chi connectivity index (χ3v) is 5.22. The molecule has 0 bridgehead atoms. The molecule has 0 aliphatic carbocycles. The van der Waals surface area contributed by atoms with E-state index < -0.39 is 0 Å². The largest absolute Gasteiger partial charge is 0.497 e. The van der Waals surface area contributed by atoms with E-state index in [0.29, 0.717) is 36.9 Å². The molecule has 1 aliphatic heterocycles. The lowest BCUT2D eigenvalue weighted by Crippen LogP contribution is -2.50. The molecule has 0 unspecified atom stereocenters. The van der Waals surface area contributed by atoms with E-state index >= 15 is 0 Å². The number of carbonyl (C=O) groups excluding carboxylic acids is 1. The van der Waals surface area contributed by atoms with Crippen LogP contribution < -0.4 is 15.0 Å².